The maximum Gasteiger partial charge on any atom is 0.303 e. The van der Waals surface area contributed by atoms with Crippen LogP contribution in [0.4, 0.5) is 0 Å². The molecule has 1 amide bonds. The normalized spacial score (nSPS) is 18.6. The number of carboxylic acids is 1. The Balaban J connectivity index is 2.43. The summed E-state index contributed by atoms with van der Waals surface area (Å²) in [6.45, 7) is 0.0355. The van der Waals surface area contributed by atoms with Gasteiger partial charge in [0.05, 0.1) is 6.04 Å². The van der Waals surface area contributed by atoms with Crippen LogP contribution in [-0.2, 0) is 19.4 Å². The van der Waals surface area contributed by atoms with Crippen molar-refractivity contribution in [3.05, 3.63) is 46.6 Å². The fourth-order valence-electron chi connectivity index (χ4n) is 2.61. The van der Waals surface area contributed by atoms with E-state index in [1.54, 1.807) is 30.3 Å². The van der Waals surface area contributed by atoms with Crippen LogP contribution in [0.2, 0.25) is 0 Å². The van der Waals surface area contributed by atoms with Gasteiger partial charge in [0.15, 0.2) is 15.6 Å². The van der Waals surface area contributed by atoms with E-state index >= 15 is 0 Å². The van der Waals surface area contributed by atoms with Gasteiger partial charge in [-0.15, -0.1) is 0 Å². The molecule has 0 fully saturated rings. The largest absolute Gasteiger partial charge is 0.502 e. The molecule has 0 bridgehead atoms. The summed E-state index contributed by atoms with van der Waals surface area (Å²) >= 11 is 0. The molecule has 0 radical (unpaired) electrons. The minimum Gasteiger partial charge on any atom is -0.502 e. The molecule has 124 valence electrons. The maximum atomic E-state index is 12.2. The zero-order valence-electron chi connectivity index (χ0n) is 12.5. The summed E-state index contributed by atoms with van der Waals surface area (Å²) in [6, 6.07) is 7.53. The molecule has 8 heteroatoms. The van der Waals surface area contributed by atoms with Crippen LogP contribution in [-0.4, -0.2) is 48.2 Å². The molecular weight excluding hydrogens is 322 g/mol. The molecule has 1 atom stereocenters. The van der Waals surface area contributed by atoms with E-state index in [9.17, 15) is 23.1 Å². The zero-order chi connectivity index (χ0) is 17.2. The summed E-state index contributed by atoms with van der Waals surface area (Å²) in [5.41, 5.74) is 0.542. The molecule has 1 heterocycles. The Morgan fingerprint density at radius 2 is 1.87 bits per heavy atom. The number of nitrogens with zero attached hydrogens (tertiary/aromatic N) is 1. The van der Waals surface area contributed by atoms with E-state index in [4.69, 9.17) is 5.11 Å². The van der Waals surface area contributed by atoms with Gasteiger partial charge in [-0.2, -0.15) is 0 Å². The SMILES string of the molecule is CS(=O)(=O)C1=C(O)C(=O)N(CCCC(=O)O)C1c1ccccc1. The molecule has 7 nitrogen and oxygen atoms in total. The van der Waals surface area contributed by atoms with E-state index in [1.807, 2.05) is 0 Å². The predicted molar refractivity (Wildman–Crippen MR) is 82.3 cm³/mol. The number of aliphatic carboxylic acids is 1. The first-order valence-electron chi connectivity index (χ1n) is 6.94. The average molecular weight is 339 g/mol. The molecular formula is C15H17NO6S. The number of rotatable bonds is 6. The molecule has 23 heavy (non-hydrogen) atoms. The van der Waals surface area contributed by atoms with E-state index in [0.717, 1.165) is 6.26 Å². The summed E-state index contributed by atoms with van der Waals surface area (Å²) in [5, 5.41) is 18.7. The first-order chi connectivity index (χ1) is 10.7. The number of aliphatic hydroxyl groups is 1. The van der Waals surface area contributed by atoms with Gasteiger partial charge in [0.2, 0.25) is 0 Å². The molecule has 2 N–H and O–H groups in total. The molecule has 0 saturated carbocycles. The van der Waals surface area contributed by atoms with Crippen molar-refractivity contribution < 1.29 is 28.2 Å². The van der Waals surface area contributed by atoms with Gasteiger partial charge in [0.1, 0.15) is 4.91 Å². The van der Waals surface area contributed by atoms with Gasteiger partial charge in [-0.1, -0.05) is 30.3 Å². The van der Waals surface area contributed by atoms with Crippen molar-refractivity contribution in [3.63, 3.8) is 0 Å². The third-order valence-electron chi connectivity index (χ3n) is 3.56. The zero-order valence-corrected chi connectivity index (χ0v) is 13.3. The molecule has 0 spiro atoms. The van der Waals surface area contributed by atoms with E-state index in [2.05, 4.69) is 0 Å². The topological polar surface area (TPSA) is 112 Å². The molecule has 0 saturated heterocycles. The van der Waals surface area contributed by atoms with Crippen molar-refractivity contribution in [2.24, 2.45) is 0 Å². The Morgan fingerprint density at radius 3 is 2.39 bits per heavy atom. The lowest BCUT2D eigenvalue weighted by Gasteiger charge is -2.26. The number of hydrogen-bond donors (Lipinski definition) is 2. The Labute approximate surface area is 133 Å². The molecule has 1 aliphatic rings. The minimum absolute atomic E-state index is 0.0355. The highest BCUT2D eigenvalue weighted by Crippen LogP contribution is 2.39. The van der Waals surface area contributed by atoms with Crippen LogP contribution in [0.1, 0.15) is 24.4 Å². The van der Waals surface area contributed by atoms with Crippen molar-refractivity contribution in [1.29, 1.82) is 0 Å². The Hall–Kier alpha value is -2.35. The average Bonchev–Trinajstić information content (AvgIpc) is 2.72. The quantitative estimate of drug-likeness (QED) is 0.806. The van der Waals surface area contributed by atoms with Crippen LogP contribution in [0.25, 0.3) is 0 Å². The number of amides is 1. The third-order valence-corrected chi connectivity index (χ3v) is 4.78. The van der Waals surface area contributed by atoms with Crippen molar-refractivity contribution >= 4 is 21.7 Å². The number of benzene rings is 1. The standard InChI is InChI=1S/C15H17NO6S/c1-23(21,22)14-12(10-6-3-2-4-7-10)16(15(20)13(14)19)9-5-8-11(17)18/h2-4,6-7,12,19H,5,8-9H2,1H3,(H,17,18). The summed E-state index contributed by atoms with van der Waals surface area (Å²) < 4.78 is 24.0. The van der Waals surface area contributed by atoms with Crippen LogP contribution in [0.3, 0.4) is 0 Å². The highest BCUT2D eigenvalue weighted by molar-refractivity contribution is 7.94. The Kier molecular flexibility index (Phi) is 4.74. The van der Waals surface area contributed by atoms with Crippen molar-refractivity contribution in [1.82, 2.24) is 4.90 Å². The fourth-order valence-corrected chi connectivity index (χ4v) is 3.71. The number of carbonyl (C=O) groups excluding carboxylic acids is 1. The van der Waals surface area contributed by atoms with Gasteiger partial charge >= 0.3 is 5.97 Å². The summed E-state index contributed by atoms with van der Waals surface area (Å²) in [6.07, 6.45) is 0.942. The second-order valence-corrected chi connectivity index (χ2v) is 7.28. The lowest BCUT2D eigenvalue weighted by atomic mass is 10.1. The molecule has 1 aromatic rings. The lowest BCUT2D eigenvalue weighted by molar-refractivity contribution is -0.138. The van der Waals surface area contributed by atoms with E-state index in [0.29, 0.717) is 5.56 Å². The summed E-state index contributed by atoms with van der Waals surface area (Å²) in [5.74, 6) is -2.60. The number of sulfone groups is 1. The number of carbonyl (C=O) groups is 2. The van der Waals surface area contributed by atoms with E-state index in [1.165, 1.54) is 4.90 Å². The first kappa shape index (κ1) is 17.0. The number of hydrogen-bond acceptors (Lipinski definition) is 5. The first-order valence-corrected chi connectivity index (χ1v) is 8.83. The van der Waals surface area contributed by atoms with E-state index in [-0.39, 0.29) is 24.3 Å². The van der Waals surface area contributed by atoms with Crippen molar-refractivity contribution in [3.8, 4) is 0 Å². The van der Waals surface area contributed by atoms with Gasteiger partial charge in [0.25, 0.3) is 5.91 Å². The van der Waals surface area contributed by atoms with Crippen LogP contribution >= 0.6 is 0 Å². The van der Waals surface area contributed by atoms with Crippen molar-refractivity contribution in [2.75, 3.05) is 12.8 Å². The molecule has 1 aromatic carbocycles. The van der Waals surface area contributed by atoms with Crippen LogP contribution < -0.4 is 0 Å². The van der Waals surface area contributed by atoms with Crippen LogP contribution in [0.5, 0.6) is 0 Å². The smallest absolute Gasteiger partial charge is 0.303 e. The second kappa shape index (κ2) is 6.41. The lowest BCUT2D eigenvalue weighted by Crippen LogP contribution is -2.32. The minimum atomic E-state index is -3.81. The predicted octanol–water partition coefficient (Wildman–Crippen LogP) is 1.25. The molecule has 1 aliphatic heterocycles. The van der Waals surface area contributed by atoms with Crippen LogP contribution in [0, 0.1) is 0 Å². The van der Waals surface area contributed by atoms with Gasteiger partial charge in [-0.25, -0.2) is 8.42 Å². The Morgan fingerprint density at radius 1 is 1.26 bits per heavy atom. The monoisotopic (exact) mass is 339 g/mol. The highest BCUT2D eigenvalue weighted by Gasteiger charge is 2.44. The van der Waals surface area contributed by atoms with Crippen LogP contribution in [0.15, 0.2) is 41.0 Å². The van der Waals surface area contributed by atoms with E-state index < -0.39 is 33.5 Å². The number of aliphatic hydroxyl groups excluding tert-OH is 1. The van der Waals surface area contributed by atoms with Crippen molar-refractivity contribution in [2.45, 2.75) is 18.9 Å². The van der Waals surface area contributed by atoms with Gasteiger partial charge < -0.3 is 15.1 Å². The van der Waals surface area contributed by atoms with Gasteiger partial charge in [-0.05, 0) is 12.0 Å². The Bertz CT molecular complexity index is 753. The van der Waals surface area contributed by atoms with Gasteiger partial charge in [0, 0.05) is 19.2 Å². The highest BCUT2D eigenvalue weighted by atomic mass is 32.2. The fraction of sp³-hybridized carbons (Fsp3) is 0.333. The third kappa shape index (κ3) is 3.53. The summed E-state index contributed by atoms with van der Waals surface area (Å²) in [4.78, 5) is 23.7. The second-order valence-electron chi connectivity index (χ2n) is 5.29. The maximum absolute atomic E-state index is 12.2. The molecule has 0 aromatic heterocycles. The summed E-state index contributed by atoms with van der Waals surface area (Å²) in [7, 11) is -3.81. The molecule has 0 aliphatic carbocycles. The molecule has 2 rings (SSSR count). The number of carboxylic acid groups (broad SMARTS) is 1. The molecule has 1 unspecified atom stereocenters. The van der Waals surface area contributed by atoms with Gasteiger partial charge in [-0.3, -0.25) is 9.59 Å².